The summed E-state index contributed by atoms with van der Waals surface area (Å²) in [7, 11) is 0. The third kappa shape index (κ3) is 2.42. The van der Waals surface area contributed by atoms with Crippen molar-refractivity contribution < 1.29 is 9.53 Å². The second-order valence-electron chi connectivity index (χ2n) is 4.89. The van der Waals surface area contributed by atoms with Crippen LogP contribution in [0.1, 0.15) is 24.3 Å². The molecule has 1 aromatic rings. The van der Waals surface area contributed by atoms with Crippen LogP contribution in [0.5, 0.6) is 0 Å². The number of rotatable bonds is 1. The van der Waals surface area contributed by atoms with Crippen LogP contribution >= 0.6 is 11.6 Å². The van der Waals surface area contributed by atoms with Crippen LogP contribution in [0.25, 0.3) is 0 Å². The number of ether oxygens (including phenoxy) is 1. The quantitative estimate of drug-likeness (QED) is 0.840. The molecule has 18 heavy (non-hydrogen) atoms. The van der Waals surface area contributed by atoms with Gasteiger partial charge in [0.2, 0.25) is 0 Å². The number of pyridine rings is 1. The van der Waals surface area contributed by atoms with Crippen LogP contribution in [0.4, 0.5) is 5.82 Å². The topological polar surface area (TPSA) is 68.5 Å². The summed E-state index contributed by atoms with van der Waals surface area (Å²) in [5, 5.41) is 0.316. The SMILES string of the molecule is CC1(C)COCCN1C(=O)c1nc(N)ccc1Cl. The Hall–Kier alpha value is -1.33. The smallest absolute Gasteiger partial charge is 0.274 e. The van der Waals surface area contributed by atoms with Crippen LogP contribution in [-0.2, 0) is 4.74 Å². The number of carbonyl (C=O) groups is 1. The minimum absolute atomic E-state index is 0.201. The Kier molecular flexibility index (Phi) is 3.45. The summed E-state index contributed by atoms with van der Waals surface area (Å²) in [6, 6.07) is 3.16. The summed E-state index contributed by atoms with van der Waals surface area (Å²) in [5.74, 6) is 0.0782. The Morgan fingerprint density at radius 2 is 2.28 bits per heavy atom. The largest absolute Gasteiger partial charge is 0.384 e. The number of hydrogen-bond acceptors (Lipinski definition) is 4. The lowest BCUT2D eigenvalue weighted by atomic mass is 10.0. The Bertz CT molecular complexity index is 476. The number of nitrogens with two attached hydrogens (primary N) is 1. The summed E-state index contributed by atoms with van der Waals surface area (Å²) < 4.78 is 5.38. The van der Waals surface area contributed by atoms with Crippen LogP contribution in [0, 0.1) is 0 Å². The van der Waals surface area contributed by atoms with Gasteiger partial charge in [-0.3, -0.25) is 4.79 Å². The number of amides is 1. The molecule has 1 fully saturated rings. The molecule has 2 heterocycles. The molecule has 0 aliphatic carbocycles. The molecule has 1 saturated heterocycles. The molecule has 0 aromatic carbocycles. The van der Waals surface area contributed by atoms with E-state index in [0.29, 0.717) is 24.8 Å². The van der Waals surface area contributed by atoms with Gasteiger partial charge in [0.05, 0.1) is 23.8 Å². The molecule has 2 N–H and O–H groups in total. The molecule has 1 amide bonds. The average molecular weight is 270 g/mol. The van der Waals surface area contributed by atoms with Crippen molar-refractivity contribution in [3.8, 4) is 0 Å². The van der Waals surface area contributed by atoms with Gasteiger partial charge in [0.1, 0.15) is 11.5 Å². The van der Waals surface area contributed by atoms with E-state index >= 15 is 0 Å². The van der Waals surface area contributed by atoms with Gasteiger partial charge in [0.15, 0.2) is 0 Å². The first-order valence-electron chi connectivity index (χ1n) is 5.73. The monoisotopic (exact) mass is 269 g/mol. The molecule has 98 valence electrons. The van der Waals surface area contributed by atoms with Gasteiger partial charge in [0.25, 0.3) is 5.91 Å². The van der Waals surface area contributed by atoms with Gasteiger partial charge in [0, 0.05) is 6.54 Å². The number of morpholine rings is 1. The second kappa shape index (κ2) is 4.74. The second-order valence-corrected chi connectivity index (χ2v) is 5.30. The zero-order valence-electron chi connectivity index (χ0n) is 10.4. The van der Waals surface area contributed by atoms with Gasteiger partial charge >= 0.3 is 0 Å². The van der Waals surface area contributed by atoms with Gasteiger partial charge in [-0.2, -0.15) is 0 Å². The highest BCUT2D eigenvalue weighted by molar-refractivity contribution is 6.33. The number of aromatic nitrogens is 1. The number of anilines is 1. The van der Waals surface area contributed by atoms with Crippen LogP contribution in [0.15, 0.2) is 12.1 Å². The molecule has 0 atom stereocenters. The lowest BCUT2D eigenvalue weighted by Crippen LogP contribution is -2.55. The molecule has 0 bridgehead atoms. The van der Waals surface area contributed by atoms with Crippen LogP contribution < -0.4 is 5.73 Å². The molecule has 1 aliphatic rings. The van der Waals surface area contributed by atoms with E-state index in [1.807, 2.05) is 13.8 Å². The minimum Gasteiger partial charge on any atom is -0.384 e. The fourth-order valence-electron chi connectivity index (χ4n) is 1.97. The third-order valence-electron chi connectivity index (χ3n) is 2.96. The predicted molar refractivity (Wildman–Crippen MR) is 69.6 cm³/mol. The Morgan fingerprint density at radius 3 is 2.94 bits per heavy atom. The van der Waals surface area contributed by atoms with Gasteiger partial charge in [-0.25, -0.2) is 4.98 Å². The molecule has 5 nitrogen and oxygen atoms in total. The van der Waals surface area contributed by atoms with E-state index in [-0.39, 0.29) is 23.0 Å². The summed E-state index contributed by atoms with van der Waals surface area (Å²) in [6.45, 7) is 5.45. The number of nitrogen functional groups attached to an aromatic ring is 1. The zero-order chi connectivity index (χ0) is 13.3. The van der Waals surface area contributed by atoms with Crippen molar-refractivity contribution in [1.29, 1.82) is 0 Å². The number of halogens is 1. The molecule has 0 spiro atoms. The normalized spacial score (nSPS) is 18.7. The van der Waals surface area contributed by atoms with Crippen molar-refractivity contribution in [2.24, 2.45) is 0 Å². The highest BCUT2D eigenvalue weighted by Gasteiger charge is 2.35. The number of nitrogens with zero attached hydrogens (tertiary/aromatic N) is 2. The van der Waals surface area contributed by atoms with Gasteiger partial charge in [-0.15, -0.1) is 0 Å². The summed E-state index contributed by atoms with van der Waals surface area (Å²) in [5.41, 5.74) is 5.43. The summed E-state index contributed by atoms with van der Waals surface area (Å²) in [6.07, 6.45) is 0. The van der Waals surface area contributed by atoms with Gasteiger partial charge in [-0.1, -0.05) is 11.6 Å². The van der Waals surface area contributed by atoms with Crippen molar-refractivity contribution in [2.75, 3.05) is 25.5 Å². The molecule has 0 radical (unpaired) electrons. The molecular weight excluding hydrogens is 254 g/mol. The fourth-order valence-corrected chi connectivity index (χ4v) is 2.16. The van der Waals surface area contributed by atoms with Gasteiger partial charge < -0.3 is 15.4 Å². The van der Waals surface area contributed by atoms with Crippen molar-refractivity contribution in [1.82, 2.24) is 9.88 Å². The van der Waals surface area contributed by atoms with E-state index in [1.54, 1.807) is 17.0 Å². The minimum atomic E-state index is -0.370. The first-order chi connectivity index (χ1) is 8.42. The molecule has 6 heteroatoms. The van der Waals surface area contributed by atoms with Crippen molar-refractivity contribution >= 4 is 23.3 Å². The predicted octanol–water partition coefficient (Wildman–Crippen LogP) is 1.57. The maximum atomic E-state index is 12.5. The van der Waals surface area contributed by atoms with Crippen LogP contribution in [0.2, 0.25) is 5.02 Å². The maximum absolute atomic E-state index is 12.5. The fraction of sp³-hybridized carbons (Fsp3) is 0.500. The highest BCUT2D eigenvalue weighted by atomic mass is 35.5. The Labute approximate surface area is 111 Å². The Balaban J connectivity index is 2.33. The van der Waals surface area contributed by atoms with E-state index < -0.39 is 0 Å². The molecule has 1 aliphatic heterocycles. The number of carbonyl (C=O) groups excluding carboxylic acids is 1. The molecule has 0 saturated carbocycles. The first-order valence-corrected chi connectivity index (χ1v) is 6.11. The third-order valence-corrected chi connectivity index (χ3v) is 3.27. The van der Waals surface area contributed by atoms with Gasteiger partial charge in [-0.05, 0) is 26.0 Å². The van der Waals surface area contributed by atoms with E-state index in [0.717, 1.165) is 0 Å². The molecule has 1 aromatic heterocycles. The summed E-state index contributed by atoms with van der Waals surface area (Å²) >= 11 is 6.01. The van der Waals surface area contributed by atoms with Crippen LogP contribution in [0.3, 0.4) is 0 Å². The lowest BCUT2D eigenvalue weighted by molar-refractivity contribution is -0.0373. The zero-order valence-corrected chi connectivity index (χ0v) is 11.2. The van der Waals surface area contributed by atoms with Crippen molar-refractivity contribution in [3.63, 3.8) is 0 Å². The Morgan fingerprint density at radius 1 is 1.56 bits per heavy atom. The van der Waals surface area contributed by atoms with Crippen molar-refractivity contribution in [3.05, 3.63) is 22.8 Å². The summed E-state index contributed by atoms with van der Waals surface area (Å²) in [4.78, 5) is 18.2. The van der Waals surface area contributed by atoms with Crippen molar-refractivity contribution in [2.45, 2.75) is 19.4 Å². The first kappa shape index (κ1) is 13.1. The standard InChI is InChI=1S/C12H16ClN3O2/c1-12(2)7-18-6-5-16(12)11(17)10-8(13)3-4-9(14)15-10/h3-4H,5-7H2,1-2H3,(H2,14,15). The average Bonchev–Trinajstić information content (AvgIpc) is 2.31. The molecule has 2 rings (SSSR count). The van der Waals surface area contributed by atoms with E-state index in [9.17, 15) is 4.79 Å². The highest BCUT2D eigenvalue weighted by Crippen LogP contribution is 2.24. The molecular formula is C12H16ClN3O2. The van der Waals surface area contributed by atoms with Crippen LogP contribution in [-0.4, -0.2) is 41.1 Å². The van der Waals surface area contributed by atoms with E-state index in [2.05, 4.69) is 4.98 Å². The van der Waals surface area contributed by atoms with E-state index in [1.165, 1.54) is 0 Å². The lowest BCUT2D eigenvalue weighted by Gasteiger charge is -2.41. The number of hydrogen-bond donors (Lipinski definition) is 1. The molecule has 0 unspecified atom stereocenters. The van der Waals surface area contributed by atoms with E-state index in [4.69, 9.17) is 22.1 Å². The maximum Gasteiger partial charge on any atom is 0.274 e.